The fourth-order valence-electron chi connectivity index (χ4n) is 1.28. The van der Waals surface area contributed by atoms with Crippen molar-refractivity contribution in [1.29, 1.82) is 0 Å². The standard InChI is InChI=1S/C11H15N3O2S/c1-7-3-4-8(10(12)17)11(14-7)13-6-5-9(15)16-2/h3-4H,5-6H2,1-2H3,(H2,12,17)(H,13,14). The molecule has 0 saturated carbocycles. The normalized spacial score (nSPS) is 9.76. The molecule has 0 fully saturated rings. The molecule has 0 atom stereocenters. The van der Waals surface area contributed by atoms with Gasteiger partial charge in [0.2, 0.25) is 0 Å². The Morgan fingerprint density at radius 2 is 2.29 bits per heavy atom. The maximum Gasteiger partial charge on any atom is 0.307 e. The van der Waals surface area contributed by atoms with E-state index in [1.807, 2.05) is 19.1 Å². The minimum Gasteiger partial charge on any atom is -0.469 e. The third-order valence-corrected chi connectivity index (χ3v) is 2.37. The fourth-order valence-corrected chi connectivity index (χ4v) is 1.44. The smallest absolute Gasteiger partial charge is 0.307 e. The number of aromatic nitrogens is 1. The van der Waals surface area contributed by atoms with Crippen molar-refractivity contribution in [1.82, 2.24) is 4.98 Å². The highest BCUT2D eigenvalue weighted by Gasteiger charge is 2.07. The van der Waals surface area contributed by atoms with E-state index < -0.39 is 0 Å². The van der Waals surface area contributed by atoms with Crippen LogP contribution in [0, 0.1) is 6.92 Å². The number of thiocarbonyl (C=S) groups is 1. The number of nitrogens with two attached hydrogens (primary N) is 1. The molecule has 0 aliphatic heterocycles. The molecule has 0 aliphatic carbocycles. The first-order valence-corrected chi connectivity index (χ1v) is 5.53. The molecule has 1 rings (SSSR count). The van der Waals surface area contributed by atoms with E-state index in [9.17, 15) is 4.79 Å². The number of hydrogen-bond donors (Lipinski definition) is 2. The molecule has 3 N–H and O–H groups in total. The summed E-state index contributed by atoms with van der Waals surface area (Å²) in [6.07, 6.45) is 0.267. The summed E-state index contributed by atoms with van der Waals surface area (Å²) >= 11 is 4.92. The summed E-state index contributed by atoms with van der Waals surface area (Å²) in [5, 5.41) is 3.02. The molecular formula is C11H15N3O2S. The number of ether oxygens (including phenoxy) is 1. The van der Waals surface area contributed by atoms with E-state index in [2.05, 4.69) is 15.0 Å². The lowest BCUT2D eigenvalue weighted by Crippen LogP contribution is -2.17. The molecule has 1 aromatic rings. The van der Waals surface area contributed by atoms with E-state index in [1.54, 1.807) is 0 Å². The molecular weight excluding hydrogens is 238 g/mol. The number of esters is 1. The average Bonchev–Trinajstić information content (AvgIpc) is 2.28. The van der Waals surface area contributed by atoms with Crippen LogP contribution in [0.1, 0.15) is 17.7 Å². The Bertz CT molecular complexity index is 435. The van der Waals surface area contributed by atoms with Gasteiger partial charge in [0.05, 0.1) is 19.1 Å². The minimum absolute atomic E-state index is 0.267. The number of carbonyl (C=O) groups is 1. The Labute approximate surface area is 105 Å². The molecule has 0 amide bonds. The highest BCUT2D eigenvalue weighted by molar-refractivity contribution is 7.80. The third-order valence-electron chi connectivity index (χ3n) is 2.15. The summed E-state index contributed by atoms with van der Waals surface area (Å²) in [5.74, 6) is 0.323. The average molecular weight is 253 g/mol. The highest BCUT2D eigenvalue weighted by atomic mass is 32.1. The van der Waals surface area contributed by atoms with Crippen LogP contribution in [0.4, 0.5) is 5.82 Å². The summed E-state index contributed by atoms with van der Waals surface area (Å²) < 4.78 is 4.54. The number of hydrogen-bond acceptors (Lipinski definition) is 5. The number of carbonyl (C=O) groups excluding carboxylic acids is 1. The Balaban J connectivity index is 2.72. The van der Waals surface area contributed by atoms with Crippen LogP contribution < -0.4 is 11.1 Å². The first-order chi connectivity index (χ1) is 8.04. The number of anilines is 1. The highest BCUT2D eigenvalue weighted by Crippen LogP contribution is 2.13. The van der Waals surface area contributed by atoms with Gasteiger partial charge in [-0.25, -0.2) is 4.98 Å². The van der Waals surface area contributed by atoms with E-state index >= 15 is 0 Å². The topological polar surface area (TPSA) is 77.2 Å². The lowest BCUT2D eigenvalue weighted by molar-refractivity contribution is -0.140. The Hall–Kier alpha value is -1.69. The van der Waals surface area contributed by atoms with Crippen molar-refractivity contribution in [2.24, 2.45) is 5.73 Å². The molecule has 0 saturated heterocycles. The molecule has 6 heteroatoms. The number of methoxy groups -OCH3 is 1. The van der Waals surface area contributed by atoms with Gasteiger partial charge in [-0.15, -0.1) is 0 Å². The van der Waals surface area contributed by atoms with Crippen LogP contribution in [-0.4, -0.2) is 29.6 Å². The molecule has 0 spiro atoms. The zero-order valence-corrected chi connectivity index (χ0v) is 10.6. The molecule has 0 unspecified atom stereocenters. The maximum atomic E-state index is 11.0. The van der Waals surface area contributed by atoms with Crippen molar-refractivity contribution in [3.8, 4) is 0 Å². The van der Waals surface area contributed by atoms with Crippen molar-refractivity contribution in [3.63, 3.8) is 0 Å². The van der Waals surface area contributed by atoms with Crippen LogP contribution in [0.15, 0.2) is 12.1 Å². The second-order valence-electron chi connectivity index (χ2n) is 3.47. The summed E-state index contributed by atoms with van der Waals surface area (Å²) in [6, 6.07) is 3.64. The van der Waals surface area contributed by atoms with Crippen molar-refractivity contribution >= 4 is 29.0 Å². The largest absolute Gasteiger partial charge is 0.469 e. The van der Waals surface area contributed by atoms with Crippen molar-refractivity contribution in [2.75, 3.05) is 19.0 Å². The first kappa shape index (κ1) is 13.4. The predicted octanol–water partition coefficient (Wildman–Crippen LogP) is 0.999. The van der Waals surface area contributed by atoms with E-state index in [1.165, 1.54) is 7.11 Å². The molecule has 1 heterocycles. The van der Waals surface area contributed by atoms with Crippen LogP contribution in [0.2, 0.25) is 0 Å². The number of nitrogens with one attached hydrogen (secondary N) is 1. The number of aryl methyl sites for hydroxylation is 1. The van der Waals surface area contributed by atoms with E-state index in [0.29, 0.717) is 17.9 Å². The van der Waals surface area contributed by atoms with Crippen LogP contribution >= 0.6 is 12.2 Å². The Morgan fingerprint density at radius 3 is 2.88 bits per heavy atom. The van der Waals surface area contributed by atoms with Crippen LogP contribution in [-0.2, 0) is 9.53 Å². The number of rotatable bonds is 5. The van der Waals surface area contributed by atoms with Gasteiger partial charge in [-0.05, 0) is 19.1 Å². The lowest BCUT2D eigenvalue weighted by atomic mass is 10.2. The van der Waals surface area contributed by atoms with E-state index in [0.717, 1.165) is 5.69 Å². The second kappa shape index (κ2) is 6.15. The summed E-state index contributed by atoms with van der Waals surface area (Å²) in [7, 11) is 1.35. The monoisotopic (exact) mass is 253 g/mol. The van der Waals surface area contributed by atoms with Gasteiger partial charge in [-0.3, -0.25) is 4.79 Å². The Kier molecular flexibility index (Phi) is 4.84. The number of pyridine rings is 1. The van der Waals surface area contributed by atoms with Gasteiger partial charge in [0.15, 0.2) is 0 Å². The van der Waals surface area contributed by atoms with Crippen molar-refractivity contribution in [2.45, 2.75) is 13.3 Å². The van der Waals surface area contributed by atoms with Gasteiger partial charge >= 0.3 is 5.97 Å². The quantitative estimate of drug-likeness (QED) is 0.602. The van der Waals surface area contributed by atoms with Crippen molar-refractivity contribution in [3.05, 3.63) is 23.4 Å². The van der Waals surface area contributed by atoms with Gasteiger partial charge in [0, 0.05) is 12.2 Å². The summed E-state index contributed by atoms with van der Waals surface area (Å²) in [4.78, 5) is 15.5. The zero-order valence-electron chi connectivity index (χ0n) is 9.82. The fraction of sp³-hybridized carbons (Fsp3) is 0.364. The SMILES string of the molecule is COC(=O)CCNc1nc(C)ccc1C(N)=S. The molecule has 17 heavy (non-hydrogen) atoms. The Morgan fingerprint density at radius 1 is 1.59 bits per heavy atom. The van der Waals surface area contributed by atoms with Crippen LogP contribution in [0.3, 0.4) is 0 Å². The molecule has 0 radical (unpaired) electrons. The van der Waals surface area contributed by atoms with E-state index in [-0.39, 0.29) is 17.4 Å². The van der Waals surface area contributed by atoms with Crippen molar-refractivity contribution < 1.29 is 9.53 Å². The van der Waals surface area contributed by atoms with Gasteiger partial charge < -0.3 is 15.8 Å². The second-order valence-corrected chi connectivity index (χ2v) is 3.91. The molecule has 1 aromatic heterocycles. The van der Waals surface area contributed by atoms with Gasteiger partial charge in [-0.2, -0.15) is 0 Å². The third kappa shape index (κ3) is 3.99. The molecule has 0 aromatic carbocycles. The lowest BCUT2D eigenvalue weighted by Gasteiger charge is -2.10. The van der Waals surface area contributed by atoms with E-state index in [4.69, 9.17) is 18.0 Å². The molecule has 0 bridgehead atoms. The van der Waals surface area contributed by atoms with Crippen LogP contribution in [0.5, 0.6) is 0 Å². The van der Waals surface area contributed by atoms with Gasteiger partial charge in [0.1, 0.15) is 10.8 Å². The van der Waals surface area contributed by atoms with Gasteiger partial charge in [0.25, 0.3) is 0 Å². The first-order valence-electron chi connectivity index (χ1n) is 5.12. The zero-order chi connectivity index (χ0) is 12.8. The minimum atomic E-state index is -0.276. The molecule has 5 nitrogen and oxygen atoms in total. The predicted molar refractivity (Wildman–Crippen MR) is 70.0 cm³/mol. The number of nitrogens with zero attached hydrogens (tertiary/aromatic N) is 1. The van der Waals surface area contributed by atoms with Crippen LogP contribution in [0.25, 0.3) is 0 Å². The summed E-state index contributed by atoms with van der Waals surface area (Å²) in [6.45, 7) is 2.30. The molecule has 0 aliphatic rings. The maximum absolute atomic E-state index is 11.0. The summed E-state index contributed by atoms with van der Waals surface area (Å²) in [5.41, 5.74) is 7.11. The molecule has 92 valence electrons. The van der Waals surface area contributed by atoms with Gasteiger partial charge in [-0.1, -0.05) is 12.2 Å².